The number of rotatable bonds is 8. The quantitative estimate of drug-likeness (QED) is 0.522. The molecule has 2 unspecified atom stereocenters. The van der Waals surface area contributed by atoms with E-state index in [9.17, 15) is 0 Å². The van der Waals surface area contributed by atoms with E-state index in [-0.39, 0.29) is 6.04 Å². The standard InChI is InChI=1S/C21H33N7O/c1-5-23-21(24-12-18(15(2)3)16-7-6-10-22-11-16)25-17-8-9-20-26-19(14-29-4)27-28(20)13-17/h6-7,10-11,15,17-18H,5,8-9,12-14H2,1-4H3,(H2,23,24,25). The third kappa shape index (κ3) is 5.76. The minimum atomic E-state index is 0.272. The second-order valence-corrected chi connectivity index (χ2v) is 7.80. The summed E-state index contributed by atoms with van der Waals surface area (Å²) in [6, 6.07) is 4.40. The van der Waals surface area contributed by atoms with Crippen molar-refractivity contribution in [1.29, 1.82) is 0 Å². The van der Waals surface area contributed by atoms with Gasteiger partial charge in [-0.2, -0.15) is 5.10 Å². The average Bonchev–Trinajstić information content (AvgIpc) is 3.11. The molecule has 29 heavy (non-hydrogen) atoms. The molecule has 0 aromatic carbocycles. The Kier molecular flexibility index (Phi) is 7.57. The molecule has 1 aliphatic heterocycles. The lowest BCUT2D eigenvalue weighted by Crippen LogP contribution is -2.47. The van der Waals surface area contributed by atoms with E-state index < -0.39 is 0 Å². The number of pyridine rings is 1. The third-order valence-electron chi connectivity index (χ3n) is 5.22. The highest BCUT2D eigenvalue weighted by atomic mass is 16.5. The maximum absolute atomic E-state index is 5.15. The minimum Gasteiger partial charge on any atom is -0.377 e. The van der Waals surface area contributed by atoms with Gasteiger partial charge >= 0.3 is 0 Å². The fourth-order valence-electron chi connectivity index (χ4n) is 3.67. The molecule has 8 nitrogen and oxygen atoms in total. The number of methoxy groups -OCH3 is 1. The van der Waals surface area contributed by atoms with E-state index in [4.69, 9.17) is 9.73 Å². The summed E-state index contributed by atoms with van der Waals surface area (Å²) in [4.78, 5) is 13.7. The van der Waals surface area contributed by atoms with Crippen molar-refractivity contribution in [2.24, 2.45) is 10.9 Å². The SMILES string of the molecule is CCNC(=NCC(c1cccnc1)C(C)C)NC1CCc2nc(COC)nn2C1. The van der Waals surface area contributed by atoms with Crippen molar-refractivity contribution in [2.75, 3.05) is 20.2 Å². The van der Waals surface area contributed by atoms with Gasteiger partial charge in [-0.05, 0) is 30.9 Å². The number of aryl methyl sites for hydroxylation is 1. The molecule has 3 rings (SSSR count). The summed E-state index contributed by atoms with van der Waals surface area (Å²) >= 11 is 0. The summed E-state index contributed by atoms with van der Waals surface area (Å²) in [5.74, 6) is 3.46. The lowest BCUT2D eigenvalue weighted by Gasteiger charge is -2.26. The summed E-state index contributed by atoms with van der Waals surface area (Å²) < 4.78 is 7.14. The van der Waals surface area contributed by atoms with Crippen LogP contribution < -0.4 is 10.6 Å². The first-order chi connectivity index (χ1) is 14.1. The van der Waals surface area contributed by atoms with Gasteiger partial charge in [-0.1, -0.05) is 19.9 Å². The number of aliphatic imine (C=N–C) groups is 1. The molecule has 8 heteroatoms. The first-order valence-corrected chi connectivity index (χ1v) is 10.5. The topological polar surface area (TPSA) is 89.2 Å². The fourth-order valence-corrected chi connectivity index (χ4v) is 3.67. The molecule has 0 saturated carbocycles. The van der Waals surface area contributed by atoms with Crippen LogP contribution in [0.5, 0.6) is 0 Å². The van der Waals surface area contributed by atoms with Crippen molar-refractivity contribution in [1.82, 2.24) is 30.4 Å². The molecule has 2 aromatic heterocycles. The van der Waals surface area contributed by atoms with Crippen LogP contribution in [0, 0.1) is 5.92 Å². The van der Waals surface area contributed by atoms with Gasteiger partial charge in [-0.25, -0.2) is 9.67 Å². The van der Waals surface area contributed by atoms with Crippen LogP contribution in [0.25, 0.3) is 0 Å². The lowest BCUT2D eigenvalue weighted by atomic mass is 9.89. The van der Waals surface area contributed by atoms with Crippen molar-refractivity contribution >= 4 is 5.96 Å². The summed E-state index contributed by atoms with van der Waals surface area (Å²) in [6.45, 7) is 9.34. The van der Waals surface area contributed by atoms with Gasteiger partial charge in [0.05, 0.1) is 6.54 Å². The second kappa shape index (κ2) is 10.3. The summed E-state index contributed by atoms with van der Waals surface area (Å²) in [6.07, 6.45) is 5.67. The number of hydrogen-bond acceptors (Lipinski definition) is 5. The van der Waals surface area contributed by atoms with Crippen LogP contribution in [0.3, 0.4) is 0 Å². The molecule has 0 spiro atoms. The van der Waals surface area contributed by atoms with E-state index >= 15 is 0 Å². The summed E-state index contributed by atoms with van der Waals surface area (Å²) in [5.41, 5.74) is 1.23. The smallest absolute Gasteiger partial charge is 0.191 e. The Hall–Kier alpha value is -2.48. The molecule has 0 bridgehead atoms. The number of hydrogen-bond donors (Lipinski definition) is 2. The Bertz CT molecular complexity index is 788. The van der Waals surface area contributed by atoms with Gasteiger partial charge in [0.1, 0.15) is 12.4 Å². The predicted molar refractivity (Wildman–Crippen MR) is 114 cm³/mol. The highest BCUT2D eigenvalue weighted by molar-refractivity contribution is 5.80. The van der Waals surface area contributed by atoms with Crippen molar-refractivity contribution in [3.63, 3.8) is 0 Å². The first-order valence-electron chi connectivity index (χ1n) is 10.5. The normalized spacial score (nSPS) is 17.8. The van der Waals surface area contributed by atoms with Crippen LogP contribution in [0.15, 0.2) is 29.5 Å². The molecule has 1 aliphatic rings. The van der Waals surface area contributed by atoms with E-state index in [1.165, 1.54) is 5.56 Å². The molecule has 0 saturated heterocycles. The lowest BCUT2D eigenvalue weighted by molar-refractivity contribution is 0.177. The van der Waals surface area contributed by atoms with Gasteiger partial charge in [0.2, 0.25) is 0 Å². The van der Waals surface area contributed by atoms with Gasteiger partial charge in [0, 0.05) is 51.0 Å². The van der Waals surface area contributed by atoms with Gasteiger partial charge in [0.25, 0.3) is 0 Å². The van der Waals surface area contributed by atoms with Gasteiger partial charge < -0.3 is 15.4 Å². The van der Waals surface area contributed by atoms with Gasteiger partial charge in [-0.3, -0.25) is 9.98 Å². The van der Waals surface area contributed by atoms with Crippen LogP contribution >= 0.6 is 0 Å². The van der Waals surface area contributed by atoms with Crippen LogP contribution in [0.4, 0.5) is 0 Å². The molecule has 2 atom stereocenters. The molecule has 0 radical (unpaired) electrons. The molecule has 2 aromatic rings. The maximum Gasteiger partial charge on any atom is 0.191 e. The predicted octanol–water partition coefficient (Wildman–Crippen LogP) is 2.13. The van der Waals surface area contributed by atoms with E-state index in [0.717, 1.165) is 50.1 Å². The number of guanidine groups is 1. The minimum absolute atomic E-state index is 0.272. The van der Waals surface area contributed by atoms with Crippen LogP contribution in [-0.4, -0.2) is 51.9 Å². The fraction of sp³-hybridized carbons (Fsp3) is 0.619. The van der Waals surface area contributed by atoms with E-state index in [1.54, 1.807) is 7.11 Å². The Balaban J connectivity index is 1.66. The highest BCUT2D eigenvalue weighted by Crippen LogP contribution is 2.24. The number of nitrogens with zero attached hydrogens (tertiary/aromatic N) is 5. The molecule has 2 N–H and O–H groups in total. The van der Waals surface area contributed by atoms with Crippen LogP contribution in [0.2, 0.25) is 0 Å². The average molecular weight is 400 g/mol. The molecular formula is C21H33N7O. The van der Waals surface area contributed by atoms with Gasteiger partial charge in [-0.15, -0.1) is 0 Å². The third-order valence-corrected chi connectivity index (χ3v) is 5.22. The monoisotopic (exact) mass is 399 g/mol. The maximum atomic E-state index is 5.15. The number of nitrogens with one attached hydrogen (secondary N) is 2. The zero-order valence-electron chi connectivity index (χ0n) is 17.9. The van der Waals surface area contributed by atoms with Crippen molar-refractivity contribution in [3.05, 3.63) is 41.7 Å². The Labute approximate surface area is 173 Å². The molecular weight excluding hydrogens is 366 g/mol. The molecule has 3 heterocycles. The van der Waals surface area contributed by atoms with Crippen molar-refractivity contribution in [2.45, 2.75) is 58.7 Å². The van der Waals surface area contributed by atoms with Crippen LogP contribution in [0.1, 0.15) is 50.3 Å². The Morgan fingerprint density at radius 2 is 2.28 bits per heavy atom. The van der Waals surface area contributed by atoms with Gasteiger partial charge in [0.15, 0.2) is 11.8 Å². The Morgan fingerprint density at radius 3 is 2.97 bits per heavy atom. The van der Waals surface area contributed by atoms with E-state index in [0.29, 0.717) is 18.4 Å². The summed E-state index contributed by atoms with van der Waals surface area (Å²) in [7, 11) is 1.67. The van der Waals surface area contributed by atoms with Crippen molar-refractivity contribution in [3.8, 4) is 0 Å². The second-order valence-electron chi connectivity index (χ2n) is 7.80. The molecule has 0 fully saturated rings. The molecule has 158 valence electrons. The van der Waals surface area contributed by atoms with E-state index in [1.807, 2.05) is 23.1 Å². The summed E-state index contributed by atoms with van der Waals surface area (Å²) in [5, 5.41) is 11.5. The zero-order valence-corrected chi connectivity index (χ0v) is 17.9. The number of fused-ring (bicyclic) bond motifs is 1. The van der Waals surface area contributed by atoms with Crippen molar-refractivity contribution < 1.29 is 4.74 Å². The highest BCUT2D eigenvalue weighted by Gasteiger charge is 2.23. The van der Waals surface area contributed by atoms with Crippen LogP contribution in [-0.2, 0) is 24.3 Å². The largest absolute Gasteiger partial charge is 0.377 e. The molecule has 0 amide bonds. The zero-order chi connectivity index (χ0) is 20.6. The number of aromatic nitrogens is 4. The molecule has 0 aliphatic carbocycles. The Morgan fingerprint density at radius 1 is 1.41 bits per heavy atom. The first kappa shape index (κ1) is 21.2. The van der Waals surface area contributed by atoms with E-state index in [2.05, 4.69) is 52.5 Å². The number of ether oxygens (including phenoxy) is 1.